The summed E-state index contributed by atoms with van der Waals surface area (Å²) >= 11 is 0. The largest absolute Gasteiger partial charge is 0.369 e. The highest BCUT2D eigenvalue weighted by Crippen LogP contribution is 2.45. The lowest BCUT2D eigenvalue weighted by molar-refractivity contribution is 0.0561. The molecule has 0 saturated carbocycles. The van der Waals surface area contributed by atoms with Crippen LogP contribution in [0.2, 0.25) is 0 Å². The molecule has 2 aliphatic rings. The Morgan fingerprint density at radius 2 is 1.82 bits per heavy atom. The number of nitriles is 1. The molecule has 4 nitrogen and oxygen atoms in total. The summed E-state index contributed by atoms with van der Waals surface area (Å²) in [5.74, 6) is -0.328. The molecule has 0 amide bonds. The average Bonchev–Trinajstić information content (AvgIpc) is 3.01. The van der Waals surface area contributed by atoms with E-state index in [4.69, 9.17) is 4.84 Å². The molecule has 0 saturated heterocycles. The predicted molar refractivity (Wildman–Crippen MR) is 84.5 cm³/mol. The minimum atomic E-state index is -0.251. The van der Waals surface area contributed by atoms with Gasteiger partial charge in [-0.15, -0.1) is 0 Å². The SMILES string of the molecule is CN1c2ccccc2C(C#N)[C@@H]2C(c3ccccc3)=NO[C@@H]21. The third-order valence-corrected chi connectivity index (χ3v) is 4.48. The third-order valence-electron chi connectivity index (χ3n) is 4.48. The van der Waals surface area contributed by atoms with Gasteiger partial charge in [0.2, 0.25) is 6.23 Å². The van der Waals surface area contributed by atoms with Gasteiger partial charge in [0.15, 0.2) is 0 Å². The van der Waals surface area contributed by atoms with Crippen LogP contribution in [0.3, 0.4) is 0 Å². The number of benzene rings is 2. The maximum Gasteiger partial charge on any atom is 0.210 e. The van der Waals surface area contributed by atoms with Crippen LogP contribution in [0.5, 0.6) is 0 Å². The normalized spacial score (nSPS) is 25.5. The maximum absolute atomic E-state index is 9.76. The highest BCUT2D eigenvalue weighted by Gasteiger charge is 2.48. The van der Waals surface area contributed by atoms with E-state index in [2.05, 4.69) is 16.1 Å². The van der Waals surface area contributed by atoms with Crippen LogP contribution in [0.4, 0.5) is 5.69 Å². The van der Waals surface area contributed by atoms with E-state index < -0.39 is 0 Å². The van der Waals surface area contributed by atoms with Crippen LogP contribution >= 0.6 is 0 Å². The topological polar surface area (TPSA) is 48.6 Å². The number of fused-ring (bicyclic) bond motifs is 2. The Kier molecular flexibility index (Phi) is 2.87. The van der Waals surface area contributed by atoms with Gasteiger partial charge in [0.1, 0.15) is 0 Å². The number of anilines is 1. The Balaban J connectivity index is 1.84. The van der Waals surface area contributed by atoms with Crippen molar-refractivity contribution in [2.45, 2.75) is 12.1 Å². The van der Waals surface area contributed by atoms with Crippen LogP contribution in [-0.4, -0.2) is 19.0 Å². The molecule has 0 bridgehead atoms. The molecule has 0 aliphatic carbocycles. The standard InChI is InChI=1S/C18H15N3O/c1-21-15-10-6-5-9-13(15)14(11-19)16-17(20-22-18(16)21)12-7-3-2-4-8-12/h2-10,14,16,18H,1H3/t14?,16-,18+/m1/s1. The monoisotopic (exact) mass is 289 g/mol. The first-order valence-electron chi connectivity index (χ1n) is 7.32. The molecule has 4 heteroatoms. The summed E-state index contributed by atoms with van der Waals surface area (Å²) in [7, 11) is 1.99. The van der Waals surface area contributed by atoms with E-state index in [0.717, 1.165) is 22.5 Å². The summed E-state index contributed by atoms with van der Waals surface area (Å²) in [6.07, 6.45) is -0.227. The minimum Gasteiger partial charge on any atom is -0.369 e. The van der Waals surface area contributed by atoms with Crippen molar-refractivity contribution in [3.05, 3.63) is 65.7 Å². The second-order valence-electron chi connectivity index (χ2n) is 5.64. The molecule has 2 aromatic carbocycles. The summed E-state index contributed by atoms with van der Waals surface area (Å²) in [6.45, 7) is 0. The van der Waals surface area contributed by atoms with E-state index >= 15 is 0 Å². The maximum atomic E-state index is 9.76. The molecule has 22 heavy (non-hydrogen) atoms. The lowest BCUT2D eigenvalue weighted by atomic mass is 9.77. The van der Waals surface area contributed by atoms with Crippen LogP contribution < -0.4 is 4.90 Å². The van der Waals surface area contributed by atoms with Crippen molar-refractivity contribution in [2.75, 3.05) is 11.9 Å². The summed E-state index contributed by atoms with van der Waals surface area (Å²) in [4.78, 5) is 7.76. The van der Waals surface area contributed by atoms with Crippen molar-refractivity contribution in [1.29, 1.82) is 5.26 Å². The van der Waals surface area contributed by atoms with Gasteiger partial charge < -0.3 is 9.74 Å². The average molecular weight is 289 g/mol. The highest BCUT2D eigenvalue weighted by molar-refractivity contribution is 6.04. The first kappa shape index (κ1) is 12.9. The number of para-hydroxylation sites is 1. The Bertz CT molecular complexity index is 778. The van der Waals surface area contributed by atoms with Crippen LogP contribution in [0.15, 0.2) is 59.8 Å². The number of rotatable bonds is 1. The van der Waals surface area contributed by atoms with Crippen LogP contribution in [0.1, 0.15) is 17.0 Å². The quantitative estimate of drug-likeness (QED) is 0.810. The fourth-order valence-corrected chi connectivity index (χ4v) is 3.41. The molecule has 0 spiro atoms. The van der Waals surface area contributed by atoms with Gasteiger partial charge in [-0.1, -0.05) is 53.7 Å². The smallest absolute Gasteiger partial charge is 0.210 e. The van der Waals surface area contributed by atoms with Gasteiger partial charge >= 0.3 is 0 Å². The van der Waals surface area contributed by atoms with Crippen molar-refractivity contribution in [3.63, 3.8) is 0 Å². The van der Waals surface area contributed by atoms with Gasteiger partial charge in [0, 0.05) is 12.7 Å². The van der Waals surface area contributed by atoms with Crippen molar-refractivity contribution in [3.8, 4) is 6.07 Å². The van der Waals surface area contributed by atoms with Crippen molar-refractivity contribution >= 4 is 11.4 Å². The molecule has 4 rings (SSSR count). The minimum absolute atomic E-state index is 0.0766. The van der Waals surface area contributed by atoms with Crippen LogP contribution in [-0.2, 0) is 4.84 Å². The van der Waals surface area contributed by atoms with E-state index in [1.54, 1.807) is 0 Å². The van der Waals surface area contributed by atoms with E-state index in [0.29, 0.717) is 0 Å². The predicted octanol–water partition coefficient (Wildman–Crippen LogP) is 3.12. The Morgan fingerprint density at radius 1 is 1.09 bits per heavy atom. The molecule has 2 aromatic rings. The zero-order valence-corrected chi connectivity index (χ0v) is 12.2. The number of oxime groups is 1. The van der Waals surface area contributed by atoms with Crippen molar-refractivity contribution < 1.29 is 4.84 Å². The van der Waals surface area contributed by atoms with Gasteiger partial charge in [0.25, 0.3) is 0 Å². The third kappa shape index (κ3) is 1.72. The fourth-order valence-electron chi connectivity index (χ4n) is 3.41. The Morgan fingerprint density at radius 3 is 2.59 bits per heavy atom. The van der Waals surface area contributed by atoms with E-state index in [-0.39, 0.29) is 18.1 Å². The highest BCUT2D eigenvalue weighted by atomic mass is 16.7. The van der Waals surface area contributed by atoms with Gasteiger partial charge in [-0.05, 0) is 17.2 Å². The molecule has 0 N–H and O–H groups in total. The molecule has 2 aliphatic heterocycles. The zero-order chi connectivity index (χ0) is 15.1. The van der Waals surface area contributed by atoms with Crippen molar-refractivity contribution in [1.82, 2.24) is 0 Å². The molecule has 108 valence electrons. The summed E-state index contributed by atoms with van der Waals surface area (Å²) in [5, 5.41) is 14.1. The molecule has 3 atom stereocenters. The van der Waals surface area contributed by atoms with E-state index in [9.17, 15) is 5.26 Å². The first-order valence-corrected chi connectivity index (χ1v) is 7.32. The Labute approximate surface area is 129 Å². The molecule has 0 aromatic heterocycles. The van der Waals surface area contributed by atoms with E-state index in [1.165, 1.54) is 0 Å². The van der Waals surface area contributed by atoms with E-state index in [1.807, 2.05) is 61.6 Å². The summed E-state index contributed by atoms with van der Waals surface area (Å²) in [5.41, 5.74) is 3.96. The molecule has 1 unspecified atom stereocenters. The zero-order valence-electron chi connectivity index (χ0n) is 12.2. The van der Waals surface area contributed by atoms with Gasteiger partial charge in [0.05, 0.1) is 23.6 Å². The van der Waals surface area contributed by atoms with Crippen LogP contribution in [0.25, 0.3) is 0 Å². The van der Waals surface area contributed by atoms with Crippen LogP contribution in [0, 0.1) is 17.2 Å². The molecule has 0 fully saturated rings. The Hall–Kier alpha value is -2.80. The summed E-state index contributed by atoms with van der Waals surface area (Å²) in [6, 6.07) is 20.4. The molecule has 0 radical (unpaired) electrons. The van der Waals surface area contributed by atoms with Gasteiger partial charge in [-0.2, -0.15) is 5.26 Å². The fraction of sp³-hybridized carbons (Fsp3) is 0.222. The summed E-state index contributed by atoms with van der Waals surface area (Å²) < 4.78 is 0. The molecule has 2 heterocycles. The number of hydrogen-bond acceptors (Lipinski definition) is 4. The van der Waals surface area contributed by atoms with Gasteiger partial charge in [-0.3, -0.25) is 0 Å². The second-order valence-corrected chi connectivity index (χ2v) is 5.64. The lowest BCUT2D eigenvalue weighted by Crippen LogP contribution is -2.45. The van der Waals surface area contributed by atoms with Crippen molar-refractivity contribution in [2.24, 2.45) is 11.1 Å². The number of nitrogens with zero attached hydrogens (tertiary/aromatic N) is 3. The first-order chi connectivity index (χ1) is 10.8. The lowest BCUT2D eigenvalue weighted by Gasteiger charge is -2.38. The molecular formula is C18H15N3O. The van der Waals surface area contributed by atoms with Gasteiger partial charge in [-0.25, -0.2) is 0 Å². The molecular weight excluding hydrogens is 274 g/mol. The number of hydrogen-bond donors (Lipinski definition) is 0. The second kappa shape index (κ2) is 4.88.